The Balaban J connectivity index is 1.67. The number of nitrogens with zero attached hydrogens (tertiary/aromatic N) is 3. The van der Waals surface area contributed by atoms with Gasteiger partial charge in [0.2, 0.25) is 5.13 Å². The second-order valence-corrected chi connectivity index (χ2v) is 6.19. The lowest BCUT2D eigenvalue weighted by Crippen LogP contribution is -2.04. The average Bonchev–Trinajstić information content (AvgIpc) is 3.10. The van der Waals surface area contributed by atoms with E-state index in [0.29, 0.717) is 22.0 Å². The zero-order chi connectivity index (χ0) is 19.4. The Hall–Kier alpha value is -3.27. The summed E-state index contributed by atoms with van der Waals surface area (Å²) < 4.78 is 37.5. The molecule has 3 aromatic rings. The fourth-order valence-corrected chi connectivity index (χ4v) is 2.83. The molecule has 1 aromatic heterocycles. The quantitative estimate of drug-likeness (QED) is 0.368. The van der Waals surface area contributed by atoms with Crippen molar-refractivity contribution in [3.63, 3.8) is 0 Å². The molecule has 27 heavy (non-hydrogen) atoms. The monoisotopic (exact) mass is 392 g/mol. The van der Waals surface area contributed by atoms with E-state index in [0.717, 1.165) is 12.1 Å². The third kappa shape index (κ3) is 4.67. The predicted octanol–water partition coefficient (Wildman–Crippen LogP) is 5.18. The van der Waals surface area contributed by atoms with Gasteiger partial charge in [-0.2, -0.15) is 18.3 Å². The van der Waals surface area contributed by atoms with Crippen molar-refractivity contribution in [3.05, 3.63) is 75.2 Å². The molecule has 0 saturated carbocycles. The van der Waals surface area contributed by atoms with Crippen molar-refractivity contribution in [2.45, 2.75) is 6.18 Å². The highest BCUT2D eigenvalue weighted by Crippen LogP contribution is 2.29. The molecule has 3 rings (SSSR count). The minimum atomic E-state index is -4.38. The van der Waals surface area contributed by atoms with E-state index in [2.05, 4.69) is 15.5 Å². The summed E-state index contributed by atoms with van der Waals surface area (Å²) in [4.78, 5) is 14.6. The number of hydrogen-bond acceptors (Lipinski definition) is 6. The molecule has 0 bridgehead atoms. The number of nitro benzene ring substituents is 1. The van der Waals surface area contributed by atoms with Crippen LogP contribution in [0.4, 0.5) is 24.0 Å². The van der Waals surface area contributed by atoms with Gasteiger partial charge in [0.15, 0.2) is 0 Å². The van der Waals surface area contributed by atoms with Gasteiger partial charge in [-0.05, 0) is 17.7 Å². The maximum Gasteiger partial charge on any atom is 0.416 e. The van der Waals surface area contributed by atoms with Crippen LogP contribution in [0.5, 0.6) is 0 Å². The molecule has 1 N–H and O–H groups in total. The van der Waals surface area contributed by atoms with Crippen LogP contribution in [0.15, 0.2) is 59.0 Å². The van der Waals surface area contributed by atoms with Gasteiger partial charge in [0, 0.05) is 23.1 Å². The van der Waals surface area contributed by atoms with Gasteiger partial charge < -0.3 is 0 Å². The normalized spacial score (nSPS) is 11.7. The molecular weight excluding hydrogens is 381 g/mol. The summed E-state index contributed by atoms with van der Waals surface area (Å²) in [6.07, 6.45) is -3.01. The van der Waals surface area contributed by atoms with Crippen molar-refractivity contribution in [2.24, 2.45) is 5.10 Å². The molecule has 0 saturated heterocycles. The number of halogens is 3. The molecule has 0 atom stereocenters. The van der Waals surface area contributed by atoms with E-state index in [1.165, 1.54) is 41.8 Å². The number of hydrazone groups is 1. The largest absolute Gasteiger partial charge is 0.416 e. The highest BCUT2D eigenvalue weighted by molar-refractivity contribution is 7.14. The average molecular weight is 392 g/mol. The standard InChI is InChI=1S/C17H11F3N4O2S/c18-17(19,20)13-6-4-11(5-7-13)9-21-23-16-22-15(10-27-16)12-2-1-3-14(8-12)24(25)26/h1-10H,(H,22,23)/b21-9-. The van der Waals surface area contributed by atoms with Crippen LogP contribution in [0.3, 0.4) is 0 Å². The maximum absolute atomic E-state index is 12.5. The maximum atomic E-state index is 12.5. The summed E-state index contributed by atoms with van der Waals surface area (Å²) in [6, 6.07) is 10.7. The Labute approximate surface area is 155 Å². The molecule has 1 heterocycles. The molecule has 0 amide bonds. The Morgan fingerprint density at radius 3 is 2.59 bits per heavy atom. The Bertz CT molecular complexity index is 984. The molecule has 0 unspecified atom stereocenters. The molecular formula is C17H11F3N4O2S. The van der Waals surface area contributed by atoms with E-state index in [1.54, 1.807) is 17.5 Å². The molecule has 10 heteroatoms. The fourth-order valence-electron chi connectivity index (χ4n) is 2.16. The van der Waals surface area contributed by atoms with Crippen molar-refractivity contribution in [1.29, 1.82) is 0 Å². The van der Waals surface area contributed by atoms with E-state index >= 15 is 0 Å². The zero-order valence-corrected chi connectivity index (χ0v) is 14.3. The number of anilines is 1. The topological polar surface area (TPSA) is 80.4 Å². The van der Waals surface area contributed by atoms with Gasteiger partial charge in [0.05, 0.1) is 22.4 Å². The Kier molecular flexibility index (Phi) is 5.17. The third-order valence-electron chi connectivity index (χ3n) is 3.47. The van der Waals surface area contributed by atoms with Gasteiger partial charge in [-0.15, -0.1) is 11.3 Å². The number of nitrogens with one attached hydrogen (secondary N) is 1. The van der Waals surface area contributed by atoms with Gasteiger partial charge in [0.1, 0.15) is 0 Å². The second-order valence-electron chi connectivity index (χ2n) is 5.34. The second kappa shape index (κ2) is 7.54. The summed E-state index contributed by atoms with van der Waals surface area (Å²) in [7, 11) is 0. The number of alkyl halides is 3. The first kappa shape index (κ1) is 18.5. The number of hydrogen-bond donors (Lipinski definition) is 1. The van der Waals surface area contributed by atoms with E-state index in [-0.39, 0.29) is 5.69 Å². The van der Waals surface area contributed by atoms with Gasteiger partial charge in [-0.3, -0.25) is 15.5 Å². The van der Waals surface area contributed by atoms with Crippen LogP contribution < -0.4 is 5.43 Å². The molecule has 0 spiro atoms. The van der Waals surface area contributed by atoms with E-state index < -0.39 is 16.7 Å². The number of rotatable bonds is 5. The van der Waals surface area contributed by atoms with Crippen LogP contribution in [-0.4, -0.2) is 16.1 Å². The Morgan fingerprint density at radius 1 is 1.19 bits per heavy atom. The van der Waals surface area contributed by atoms with Crippen molar-refractivity contribution in [3.8, 4) is 11.3 Å². The summed E-state index contributed by atoms with van der Waals surface area (Å²) in [5, 5.41) is 16.9. The SMILES string of the molecule is O=[N+]([O-])c1cccc(-c2csc(N/N=C\c3ccc(C(F)(F)F)cc3)n2)c1. The number of nitro groups is 1. The first-order valence-corrected chi connectivity index (χ1v) is 8.37. The lowest BCUT2D eigenvalue weighted by molar-refractivity contribution is -0.384. The van der Waals surface area contributed by atoms with Crippen LogP contribution in [0, 0.1) is 10.1 Å². The molecule has 0 radical (unpaired) electrons. The summed E-state index contributed by atoms with van der Waals surface area (Å²) >= 11 is 1.25. The highest BCUT2D eigenvalue weighted by atomic mass is 32.1. The zero-order valence-electron chi connectivity index (χ0n) is 13.5. The van der Waals surface area contributed by atoms with Crippen LogP contribution in [0.25, 0.3) is 11.3 Å². The van der Waals surface area contributed by atoms with Crippen molar-refractivity contribution >= 4 is 28.4 Å². The molecule has 2 aromatic carbocycles. The van der Waals surface area contributed by atoms with Crippen molar-refractivity contribution in [1.82, 2.24) is 4.98 Å². The van der Waals surface area contributed by atoms with Crippen LogP contribution in [0.1, 0.15) is 11.1 Å². The number of benzene rings is 2. The lowest BCUT2D eigenvalue weighted by atomic mass is 10.1. The van der Waals surface area contributed by atoms with Gasteiger partial charge >= 0.3 is 6.18 Å². The number of non-ortho nitro benzene ring substituents is 1. The van der Waals surface area contributed by atoms with Crippen LogP contribution in [0.2, 0.25) is 0 Å². The first-order chi connectivity index (χ1) is 12.8. The Morgan fingerprint density at radius 2 is 1.93 bits per heavy atom. The minimum Gasteiger partial charge on any atom is -0.258 e. The van der Waals surface area contributed by atoms with Gasteiger partial charge in [-0.1, -0.05) is 24.3 Å². The van der Waals surface area contributed by atoms with E-state index in [9.17, 15) is 23.3 Å². The fraction of sp³-hybridized carbons (Fsp3) is 0.0588. The predicted molar refractivity (Wildman–Crippen MR) is 96.9 cm³/mol. The molecule has 0 aliphatic heterocycles. The van der Waals surface area contributed by atoms with E-state index in [1.807, 2.05) is 0 Å². The third-order valence-corrected chi connectivity index (χ3v) is 4.22. The van der Waals surface area contributed by atoms with Gasteiger partial charge in [0.25, 0.3) is 5.69 Å². The molecule has 0 fully saturated rings. The smallest absolute Gasteiger partial charge is 0.258 e. The minimum absolute atomic E-state index is 0.0321. The molecule has 6 nitrogen and oxygen atoms in total. The van der Waals surface area contributed by atoms with Crippen LogP contribution >= 0.6 is 11.3 Å². The highest BCUT2D eigenvalue weighted by Gasteiger charge is 2.29. The van der Waals surface area contributed by atoms with E-state index in [4.69, 9.17) is 0 Å². The summed E-state index contributed by atoms with van der Waals surface area (Å²) in [5.41, 5.74) is 3.57. The number of aromatic nitrogens is 1. The molecule has 138 valence electrons. The molecule has 0 aliphatic carbocycles. The van der Waals surface area contributed by atoms with Crippen molar-refractivity contribution < 1.29 is 18.1 Å². The van der Waals surface area contributed by atoms with Crippen molar-refractivity contribution in [2.75, 3.05) is 5.43 Å². The summed E-state index contributed by atoms with van der Waals surface area (Å²) in [5.74, 6) is 0. The number of thiazole rings is 1. The van der Waals surface area contributed by atoms with Gasteiger partial charge in [-0.25, -0.2) is 4.98 Å². The lowest BCUT2D eigenvalue weighted by Gasteiger charge is -2.05. The summed E-state index contributed by atoms with van der Waals surface area (Å²) in [6.45, 7) is 0. The first-order valence-electron chi connectivity index (χ1n) is 7.49. The van der Waals surface area contributed by atoms with Crippen LogP contribution in [-0.2, 0) is 6.18 Å². The molecule has 0 aliphatic rings.